The molecule has 0 aromatic rings. The van der Waals surface area contributed by atoms with E-state index in [1.54, 1.807) is 11.0 Å². The first-order chi connectivity index (χ1) is 11.9. The van der Waals surface area contributed by atoms with Crippen molar-refractivity contribution in [2.45, 2.75) is 33.1 Å². The van der Waals surface area contributed by atoms with Crippen molar-refractivity contribution in [3.05, 3.63) is 36.2 Å². The number of nitrogens with zero attached hydrogens (tertiary/aromatic N) is 3. The normalized spacial score (nSPS) is 16.2. The second-order valence-electron chi connectivity index (χ2n) is 6.33. The third kappa shape index (κ3) is 6.74. The van der Waals surface area contributed by atoms with Crippen LogP contribution in [0, 0.1) is 0 Å². The minimum absolute atomic E-state index is 0.0270. The van der Waals surface area contributed by atoms with Crippen molar-refractivity contribution in [1.29, 1.82) is 0 Å². The molecule has 1 aliphatic rings. The van der Waals surface area contributed by atoms with Crippen molar-refractivity contribution in [3.63, 3.8) is 0 Å². The van der Waals surface area contributed by atoms with Crippen LogP contribution in [-0.2, 0) is 9.59 Å². The number of allylic oxidation sites excluding steroid dienone is 1. The second kappa shape index (κ2) is 10.7. The van der Waals surface area contributed by atoms with E-state index in [0.29, 0.717) is 25.3 Å². The summed E-state index contributed by atoms with van der Waals surface area (Å²) in [5.41, 5.74) is 6.74. The highest BCUT2D eigenvalue weighted by molar-refractivity contribution is 5.92. The van der Waals surface area contributed by atoms with Gasteiger partial charge in [-0.3, -0.25) is 9.59 Å². The smallest absolute Gasteiger partial charge is 0.264 e. The maximum atomic E-state index is 12.3. The van der Waals surface area contributed by atoms with Crippen LogP contribution in [0.4, 0.5) is 0 Å². The minimum atomic E-state index is -0.445. The van der Waals surface area contributed by atoms with E-state index >= 15 is 0 Å². The molecule has 0 aromatic carbocycles. The molecule has 6 nitrogen and oxygen atoms in total. The summed E-state index contributed by atoms with van der Waals surface area (Å²) in [6, 6.07) is 0. The van der Waals surface area contributed by atoms with Gasteiger partial charge in [-0.15, -0.1) is 0 Å². The fourth-order valence-corrected chi connectivity index (χ4v) is 2.60. The van der Waals surface area contributed by atoms with Gasteiger partial charge in [-0.2, -0.15) is 0 Å². The number of carbonyl (C=O) groups excluding carboxylic acids is 2. The fourth-order valence-electron chi connectivity index (χ4n) is 2.60. The summed E-state index contributed by atoms with van der Waals surface area (Å²) in [5.74, 6) is -0.472. The maximum absolute atomic E-state index is 12.3. The van der Waals surface area contributed by atoms with E-state index in [4.69, 9.17) is 5.73 Å². The van der Waals surface area contributed by atoms with Crippen LogP contribution in [0.15, 0.2) is 36.2 Å². The number of piperazine rings is 1. The van der Waals surface area contributed by atoms with Crippen LogP contribution in [0.5, 0.6) is 0 Å². The highest BCUT2D eigenvalue weighted by atomic mass is 16.2. The summed E-state index contributed by atoms with van der Waals surface area (Å²) in [6.07, 6.45) is 8.26. The predicted octanol–water partition coefficient (Wildman–Crippen LogP) is 1.71. The lowest BCUT2D eigenvalue weighted by atomic mass is 10.1. The molecule has 0 aliphatic carbocycles. The van der Waals surface area contributed by atoms with Gasteiger partial charge in [0, 0.05) is 31.4 Å². The van der Waals surface area contributed by atoms with E-state index < -0.39 is 5.91 Å². The van der Waals surface area contributed by atoms with Gasteiger partial charge in [-0.05, 0) is 26.4 Å². The molecule has 2 amide bonds. The van der Waals surface area contributed by atoms with Crippen LogP contribution in [0.1, 0.15) is 33.1 Å². The van der Waals surface area contributed by atoms with Crippen LogP contribution in [0.2, 0.25) is 0 Å². The second-order valence-corrected chi connectivity index (χ2v) is 6.33. The lowest BCUT2D eigenvalue weighted by molar-refractivity contribution is -0.126. The zero-order valence-corrected chi connectivity index (χ0v) is 15.8. The Kier molecular flexibility index (Phi) is 8.99. The van der Waals surface area contributed by atoms with Crippen LogP contribution >= 0.6 is 0 Å². The van der Waals surface area contributed by atoms with Gasteiger partial charge < -0.3 is 20.4 Å². The van der Waals surface area contributed by atoms with Crippen LogP contribution in [0.3, 0.4) is 0 Å². The number of carbonyl (C=O) groups is 2. The Morgan fingerprint density at radius 1 is 1.32 bits per heavy atom. The summed E-state index contributed by atoms with van der Waals surface area (Å²) in [6.45, 7) is 11.4. The Labute approximate surface area is 151 Å². The SMILES string of the molecule is C=C1CN(C(=O)/C=C/CN(C)CC)CCN1/C(=C\CCCC)C(N)=O. The lowest BCUT2D eigenvalue weighted by Gasteiger charge is -2.37. The third-order valence-electron chi connectivity index (χ3n) is 4.32. The molecular weight excluding hydrogens is 316 g/mol. The summed E-state index contributed by atoms with van der Waals surface area (Å²) in [7, 11) is 2.01. The number of hydrogen-bond donors (Lipinski definition) is 1. The van der Waals surface area contributed by atoms with E-state index in [0.717, 1.165) is 38.0 Å². The van der Waals surface area contributed by atoms with Crippen molar-refractivity contribution in [2.24, 2.45) is 5.73 Å². The lowest BCUT2D eigenvalue weighted by Crippen LogP contribution is -2.47. The number of hydrogen-bond acceptors (Lipinski definition) is 4. The van der Waals surface area contributed by atoms with Crippen molar-refractivity contribution in [2.75, 3.05) is 39.8 Å². The van der Waals surface area contributed by atoms with Crippen molar-refractivity contribution in [1.82, 2.24) is 14.7 Å². The van der Waals surface area contributed by atoms with Gasteiger partial charge in [-0.1, -0.05) is 39.0 Å². The molecule has 1 saturated heterocycles. The van der Waals surface area contributed by atoms with Crippen molar-refractivity contribution < 1.29 is 9.59 Å². The molecular formula is C19H32N4O2. The van der Waals surface area contributed by atoms with E-state index in [-0.39, 0.29) is 5.91 Å². The molecule has 1 fully saturated rings. The quantitative estimate of drug-likeness (QED) is 0.509. The van der Waals surface area contributed by atoms with Crippen LogP contribution < -0.4 is 5.73 Å². The summed E-state index contributed by atoms with van der Waals surface area (Å²) < 4.78 is 0. The molecule has 2 N–H and O–H groups in total. The van der Waals surface area contributed by atoms with Gasteiger partial charge in [0.1, 0.15) is 5.70 Å². The number of primary amides is 1. The van der Waals surface area contributed by atoms with Crippen molar-refractivity contribution in [3.8, 4) is 0 Å². The molecule has 0 radical (unpaired) electrons. The highest BCUT2D eigenvalue weighted by Gasteiger charge is 2.26. The van der Waals surface area contributed by atoms with Gasteiger partial charge in [0.15, 0.2) is 0 Å². The van der Waals surface area contributed by atoms with E-state index in [1.807, 2.05) is 24.1 Å². The van der Waals surface area contributed by atoms with Crippen molar-refractivity contribution >= 4 is 11.8 Å². The highest BCUT2D eigenvalue weighted by Crippen LogP contribution is 2.19. The van der Waals surface area contributed by atoms with Gasteiger partial charge in [0.25, 0.3) is 5.91 Å². The molecule has 140 valence electrons. The average Bonchev–Trinajstić information content (AvgIpc) is 2.58. The molecule has 6 heteroatoms. The van der Waals surface area contributed by atoms with Gasteiger partial charge in [0.05, 0.1) is 6.54 Å². The molecule has 1 aliphatic heterocycles. The van der Waals surface area contributed by atoms with E-state index in [1.165, 1.54) is 0 Å². The molecule has 0 aromatic heterocycles. The Bertz CT molecular complexity index is 540. The molecule has 0 spiro atoms. The molecule has 1 rings (SSSR count). The number of nitrogens with two attached hydrogens (primary N) is 1. The summed E-state index contributed by atoms with van der Waals surface area (Å²) in [4.78, 5) is 29.7. The molecule has 25 heavy (non-hydrogen) atoms. The van der Waals surface area contributed by atoms with Crippen LogP contribution in [0.25, 0.3) is 0 Å². The molecule has 0 unspecified atom stereocenters. The number of rotatable bonds is 9. The summed E-state index contributed by atoms with van der Waals surface area (Å²) in [5, 5.41) is 0. The Hall–Kier alpha value is -2.08. The average molecular weight is 348 g/mol. The Morgan fingerprint density at radius 3 is 2.60 bits per heavy atom. The Morgan fingerprint density at radius 2 is 2.04 bits per heavy atom. The fraction of sp³-hybridized carbons (Fsp3) is 0.579. The van der Waals surface area contributed by atoms with E-state index in [2.05, 4.69) is 25.3 Å². The predicted molar refractivity (Wildman–Crippen MR) is 102 cm³/mol. The third-order valence-corrected chi connectivity index (χ3v) is 4.32. The van der Waals surface area contributed by atoms with Gasteiger partial charge in [0.2, 0.25) is 5.91 Å². The standard InChI is InChI=1S/C19H32N4O2/c1-5-7-8-10-17(19(20)25)23-14-13-22(15-16(23)3)18(24)11-9-12-21(4)6-2/h9-11H,3,5-8,12-15H2,1-2,4H3,(H2,20,25)/b11-9+,17-10-. The maximum Gasteiger partial charge on any atom is 0.264 e. The largest absolute Gasteiger partial charge is 0.364 e. The zero-order valence-electron chi connectivity index (χ0n) is 15.8. The molecule has 0 saturated carbocycles. The van der Waals surface area contributed by atoms with Gasteiger partial charge in [-0.25, -0.2) is 0 Å². The monoisotopic (exact) mass is 348 g/mol. The first kappa shape index (κ1) is 21.0. The van der Waals surface area contributed by atoms with Gasteiger partial charge >= 0.3 is 0 Å². The number of amides is 2. The summed E-state index contributed by atoms with van der Waals surface area (Å²) >= 11 is 0. The van der Waals surface area contributed by atoms with E-state index in [9.17, 15) is 9.59 Å². The number of unbranched alkanes of at least 4 members (excludes halogenated alkanes) is 2. The molecule has 0 bridgehead atoms. The van der Waals surface area contributed by atoms with Crippen LogP contribution in [-0.4, -0.2) is 66.3 Å². The first-order valence-corrected chi connectivity index (χ1v) is 8.99. The topological polar surface area (TPSA) is 69.9 Å². The Balaban J connectivity index is 2.66. The zero-order chi connectivity index (χ0) is 18.8. The molecule has 0 atom stereocenters. The number of likely N-dealkylation sites (N-methyl/N-ethyl adjacent to an activating group) is 1. The minimum Gasteiger partial charge on any atom is -0.364 e. The first-order valence-electron chi connectivity index (χ1n) is 8.99. The molecule has 1 heterocycles.